The first-order valence-corrected chi connectivity index (χ1v) is 15.2. The highest BCUT2D eigenvalue weighted by atomic mass is 31.2. The van der Waals surface area contributed by atoms with Gasteiger partial charge in [-0.15, -0.1) is 0 Å². The molecule has 1 heterocycles. The van der Waals surface area contributed by atoms with Crippen molar-refractivity contribution in [3.8, 4) is 22.6 Å². The van der Waals surface area contributed by atoms with Crippen molar-refractivity contribution >= 4 is 40.2 Å². The number of aldehydes is 1. The smallest absolute Gasteiger partial charge is 0.152 e. The van der Waals surface area contributed by atoms with E-state index in [9.17, 15) is 24.0 Å². The van der Waals surface area contributed by atoms with Gasteiger partial charge in [-0.3, -0.25) is 14.3 Å². The highest BCUT2D eigenvalue weighted by Gasteiger charge is 2.31. The fraction of sp³-hybridized carbons (Fsp3) is 0.286. The van der Waals surface area contributed by atoms with Crippen molar-refractivity contribution in [2.24, 2.45) is 0 Å². The van der Waals surface area contributed by atoms with Crippen molar-refractivity contribution in [2.75, 3.05) is 20.4 Å². The second-order valence-electron chi connectivity index (χ2n) is 10.2. The summed E-state index contributed by atoms with van der Waals surface area (Å²) >= 11 is 0. The van der Waals surface area contributed by atoms with E-state index in [1.165, 1.54) is 17.0 Å². The Labute approximate surface area is 229 Å². The maximum absolute atomic E-state index is 15.0. The van der Waals surface area contributed by atoms with Crippen LogP contribution in [0.25, 0.3) is 27.8 Å². The summed E-state index contributed by atoms with van der Waals surface area (Å²) in [5.41, 5.74) is 0.959. The number of phenols is 1. The quantitative estimate of drug-likeness (QED) is 0.136. The van der Waals surface area contributed by atoms with Gasteiger partial charge in [-0.05, 0) is 73.8 Å². The third-order valence-corrected chi connectivity index (χ3v) is 7.83. The van der Waals surface area contributed by atoms with Gasteiger partial charge in [-0.1, -0.05) is 31.2 Å². The van der Waals surface area contributed by atoms with E-state index in [1.807, 2.05) is 6.92 Å². The number of carbonyl (C=O) groups is 1. The Bertz CT molecular complexity index is 1600. The van der Waals surface area contributed by atoms with E-state index >= 15 is 0 Å². The Morgan fingerprint density at radius 1 is 1.15 bits per heavy atom. The average Bonchev–Trinajstić information content (AvgIpc) is 3.22. The molecular weight excluding hydrogens is 514 g/mol. The number of carbonyl (C=O) groups excluding carboxylic acids is 1. The topological polar surface area (TPSA) is 95.7 Å². The molecule has 1 atom stereocenters. The largest absolute Gasteiger partial charge is 0.506 e. The maximum atomic E-state index is 15.0. The second-order valence-corrected chi connectivity index (χ2v) is 13.7. The SMILES string of the molecule is [B]C([B])(O)N(C)C(CC)c1nc2ccc(-c3ccc(CP(C)(C)=O)c(F)c3)cc2n1-c1c(O)cccc1C=O. The number of hydrogen-bond acceptors (Lipinski definition) is 6. The van der Waals surface area contributed by atoms with E-state index in [2.05, 4.69) is 0 Å². The third kappa shape index (κ3) is 5.88. The number of aliphatic hydroxyl groups is 1. The van der Waals surface area contributed by atoms with E-state index in [-0.39, 0.29) is 23.2 Å². The molecule has 0 bridgehead atoms. The van der Waals surface area contributed by atoms with Crippen LogP contribution in [0.3, 0.4) is 0 Å². The van der Waals surface area contributed by atoms with Crippen molar-refractivity contribution in [1.29, 1.82) is 0 Å². The molecule has 2 N–H and O–H groups in total. The summed E-state index contributed by atoms with van der Waals surface area (Å²) in [5, 5.41) is 21.2. The number of benzene rings is 3. The van der Waals surface area contributed by atoms with Gasteiger partial charge in [0.1, 0.15) is 33.1 Å². The minimum Gasteiger partial charge on any atom is -0.506 e. The first-order valence-electron chi connectivity index (χ1n) is 12.4. The van der Waals surface area contributed by atoms with E-state index < -0.39 is 24.5 Å². The van der Waals surface area contributed by atoms with E-state index in [4.69, 9.17) is 20.7 Å². The van der Waals surface area contributed by atoms with Gasteiger partial charge in [0.2, 0.25) is 0 Å². The van der Waals surface area contributed by atoms with Crippen LogP contribution in [0.5, 0.6) is 5.75 Å². The molecule has 7 nitrogen and oxygen atoms in total. The van der Waals surface area contributed by atoms with Crippen molar-refractivity contribution in [1.82, 2.24) is 14.5 Å². The summed E-state index contributed by atoms with van der Waals surface area (Å²) in [6.45, 7) is 5.11. The molecule has 1 unspecified atom stereocenters. The predicted octanol–water partition coefficient (Wildman–Crippen LogP) is 4.80. The van der Waals surface area contributed by atoms with Crippen molar-refractivity contribution in [3.05, 3.63) is 77.4 Å². The Morgan fingerprint density at radius 3 is 2.41 bits per heavy atom. The molecule has 198 valence electrons. The highest BCUT2D eigenvalue weighted by molar-refractivity contribution is 7.61. The number of fused-ring (bicyclic) bond motifs is 1. The summed E-state index contributed by atoms with van der Waals surface area (Å²) in [6, 6.07) is 14.1. The zero-order valence-electron chi connectivity index (χ0n) is 22.3. The van der Waals surface area contributed by atoms with Crippen LogP contribution in [0.1, 0.15) is 41.1 Å². The Morgan fingerprint density at radius 2 is 1.82 bits per heavy atom. The Kier molecular flexibility index (Phi) is 7.95. The minimum atomic E-state index is -2.46. The lowest BCUT2D eigenvalue weighted by Crippen LogP contribution is -2.49. The van der Waals surface area contributed by atoms with Gasteiger partial charge in [0.25, 0.3) is 0 Å². The number of imidazole rings is 1. The van der Waals surface area contributed by atoms with Crippen molar-refractivity contribution < 1.29 is 24.0 Å². The van der Waals surface area contributed by atoms with Crippen LogP contribution in [0, 0.1) is 5.82 Å². The van der Waals surface area contributed by atoms with Crippen LogP contribution in [-0.4, -0.2) is 72.5 Å². The molecule has 0 aliphatic carbocycles. The molecule has 39 heavy (non-hydrogen) atoms. The normalized spacial score (nSPS) is 13.2. The van der Waals surface area contributed by atoms with Gasteiger partial charge < -0.3 is 14.8 Å². The van der Waals surface area contributed by atoms with Crippen LogP contribution in [0.2, 0.25) is 0 Å². The molecular formula is C28H29B2FN3O4P. The lowest BCUT2D eigenvalue weighted by molar-refractivity contribution is 0.0151. The predicted molar refractivity (Wildman–Crippen MR) is 154 cm³/mol. The lowest BCUT2D eigenvalue weighted by Gasteiger charge is -2.38. The molecule has 3 aromatic carbocycles. The number of aromatic hydroxyl groups is 1. The van der Waals surface area contributed by atoms with Crippen molar-refractivity contribution in [3.63, 3.8) is 0 Å². The third-order valence-electron chi connectivity index (χ3n) is 6.73. The number of hydrogen-bond donors (Lipinski definition) is 2. The zero-order chi connectivity index (χ0) is 28.7. The monoisotopic (exact) mass is 543 g/mol. The molecule has 4 aromatic rings. The number of rotatable bonds is 9. The summed E-state index contributed by atoms with van der Waals surface area (Å²) in [4.78, 5) is 18.1. The molecule has 0 aliphatic heterocycles. The summed E-state index contributed by atoms with van der Waals surface area (Å²) < 4.78 is 28.8. The fourth-order valence-corrected chi connectivity index (χ4v) is 5.84. The molecule has 0 saturated heterocycles. The van der Waals surface area contributed by atoms with E-state index in [1.54, 1.807) is 67.4 Å². The van der Waals surface area contributed by atoms with Crippen LogP contribution >= 0.6 is 7.14 Å². The Balaban J connectivity index is 1.98. The van der Waals surface area contributed by atoms with Crippen molar-refractivity contribution in [2.45, 2.75) is 31.1 Å². The number of aromatic nitrogens is 2. The highest BCUT2D eigenvalue weighted by Crippen LogP contribution is 2.42. The summed E-state index contributed by atoms with van der Waals surface area (Å²) in [6.07, 6.45) is 1.23. The van der Waals surface area contributed by atoms with Gasteiger partial charge in [0, 0.05) is 17.2 Å². The van der Waals surface area contributed by atoms with Crippen LogP contribution < -0.4 is 0 Å². The standard InChI is InChI=1S/C28H29B2FN3O4P/c1-5-23(33(2)28(29,30)37)27-32-22-12-11-18(17-9-10-20(21(31)13-17)16-39(3,4)38)14-24(22)34(27)26-19(15-35)7-6-8-25(26)36/h6-15,23,36-37H,5,16H2,1-4H3. The zero-order valence-corrected chi connectivity index (χ0v) is 23.2. The first-order chi connectivity index (χ1) is 18.2. The van der Waals surface area contributed by atoms with Gasteiger partial charge in [-0.2, -0.15) is 0 Å². The maximum Gasteiger partial charge on any atom is 0.152 e. The molecule has 0 fully saturated rings. The number of halogens is 1. The molecule has 0 amide bonds. The van der Waals surface area contributed by atoms with Gasteiger partial charge in [0.15, 0.2) is 6.29 Å². The van der Waals surface area contributed by atoms with Gasteiger partial charge in [0.05, 0.1) is 29.9 Å². The van der Waals surface area contributed by atoms with Crippen LogP contribution in [0.4, 0.5) is 4.39 Å². The van der Waals surface area contributed by atoms with Crippen LogP contribution in [0.15, 0.2) is 54.6 Å². The molecule has 0 spiro atoms. The molecule has 4 radical (unpaired) electrons. The summed E-state index contributed by atoms with van der Waals surface area (Å²) in [5.74, 6) is -0.223. The number of phenolic OH excluding ortho intramolecular Hbond substituents is 1. The van der Waals surface area contributed by atoms with E-state index in [0.717, 1.165) is 0 Å². The number of para-hydroxylation sites is 1. The van der Waals surface area contributed by atoms with Crippen LogP contribution in [-0.2, 0) is 10.7 Å². The second kappa shape index (κ2) is 10.8. The molecule has 0 aliphatic rings. The fourth-order valence-electron chi connectivity index (χ4n) is 4.76. The van der Waals surface area contributed by atoms with E-state index in [0.29, 0.717) is 46.3 Å². The molecule has 11 heteroatoms. The molecule has 4 rings (SSSR count). The Hall–Kier alpha value is -3.19. The molecule has 0 saturated carbocycles. The number of nitrogens with zero attached hydrogens (tertiary/aromatic N) is 3. The minimum absolute atomic E-state index is 0.155. The first kappa shape index (κ1) is 28.8. The molecule has 1 aromatic heterocycles. The lowest BCUT2D eigenvalue weighted by atomic mass is 9.71. The van der Waals surface area contributed by atoms with Gasteiger partial charge >= 0.3 is 0 Å². The summed E-state index contributed by atoms with van der Waals surface area (Å²) in [7, 11) is 10.7. The van der Waals surface area contributed by atoms with Gasteiger partial charge in [-0.25, -0.2) is 9.37 Å². The average molecular weight is 543 g/mol.